The van der Waals surface area contributed by atoms with E-state index in [2.05, 4.69) is 10.3 Å². The topological polar surface area (TPSA) is 68.0 Å². The third-order valence-corrected chi connectivity index (χ3v) is 2.77. The van der Waals surface area contributed by atoms with Crippen LogP contribution >= 0.6 is 0 Å². The Hall–Kier alpha value is -2.43. The van der Waals surface area contributed by atoms with Gasteiger partial charge >= 0.3 is 0 Å². The van der Waals surface area contributed by atoms with Crippen LogP contribution in [0.1, 0.15) is 21.6 Å². The van der Waals surface area contributed by atoms with Gasteiger partial charge in [-0.2, -0.15) is 0 Å². The number of nitrogens with zero attached hydrogens (tertiary/aromatic N) is 1. The number of aromatic nitrogens is 1. The Morgan fingerprint density at radius 2 is 2.21 bits per heavy atom. The van der Waals surface area contributed by atoms with Crippen LogP contribution < -0.4 is 11.1 Å². The van der Waals surface area contributed by atoms with Gasteiger partial charge in [-0.15, -0.1) is 0 Å². The molecule has 0 unspecified atom stereocenters. The third kappa shape index (κ3) is 3.07. The fraction of sp³-hybridized carbons (Fsp3) is 0.143. The van der Waals surface area contributed by atoms with Crippen molar-refractivity contribution in [1.82, 2.24) is 10.3 Å². The normalized spacial score (nSPS) is 10.2. The highest BCUT2D eigenvalue weighted by Crippen LogP contribution is 2.12. The molecule has 1 heterocycles. The van der Waals surface area contributed by atoms with Gasteiger partial charge in [0.05, 0.1) is 17.8 Å². The number of anilines is 1. The summed E-state index contributed by atoms with van der Waals surface area (Å²) < 4.78 is 13.5. The molecule has 0 saturated heterocycles. The average molecular weight is 259 g/mol. The van der Waals surface area contributed by atoms with E-state index in [1.165, 1.54) is 18.2 Å². The second-order valence-corrected chi connectivity index (χ2v) is 4.19. The molecule has 0 fully saturated rings. The monoisotopic (exact) mass is 259 g/mol. The molecule has 0 radical (unpaired) electrons. The van der Waals surface area contributed by atoms with Crippen molar-refractivity contribution >= 4 is 11.6 Å². The largest absolute Gasteiger partial charge is 0.399 e. The summed E-state index contributed by atoms with van der Waals surface area (Å²) in [5, 5.41) is 2.63. The summed E-state index contributed by atoms with van der Waals surface area (Å²) in [4.78, 5) is 16.0. The lowest BCUT2D eigenvalue weighted by Gasteiger charge is -2.08. The van der Waals surface area contributed by atoms with Crippen LogP contribution in [0, 0.1) is 12.7 Å². The molecule has 4 nitrogen and oxygen atoms in total. The number of amides is 1. The minimum Gasteiger partial charge on any atom is -0.399 e. The molecule has 5 heteroatoms. The third-order valence-electron chi connectivity index (χ3n) is 2.77. The van der Waals surface area contributed by atoms with Gasteiger partial charge in [-0.1, -0.05) is 6.07 Å². The molecule has 98 valence electrons. The lowest BCUT2D eigenvalue weighted by atomic mass is 10.1. The number of nitrogen functional groups attached to an aromatic ring is 1. The quantitative estimate of drug-likeness (QED) is 0.829. The maximum absolute atomic E-state index is 13.5. The summed E-state index contributed by atoms with van der Waals surface area (Å²) in [6.45, 7) is 2.15. The maximum Gasteiger partial charge on any atom is 0.254 e. The van der Waals surface area contributed by atoms with Crippen molar-refractivity contribution in [2.24, 2.45) is 0 Å². The molecule has 2 aromatic rings. The Morgan fingerprint density at radius 3 is 2.95 bits per heavy atom. The van der Waals surface area contributed by atoms with Crippen LogP contribution in [0.25, 0.3) is 0 Å². The lowest BCUT2D eigenvalue weighted by Crippen LogP contribution is -2.24. The first kappa shape index (κ1) is 13.0. The van der Waals surface area contributed by atoms with Gasteiger partial charge in [0, 0.05) is 11.9 Å². The molecule has 0 aliphatic rings. The molecule has 0 aliphatic heterocycles. The standard InChI is InChI=1S/C14H14FN3O/c1-9-3-2-6-17-13(9)8-18-14(19)11-7-10(16)4-5-12(11)15/h2-7H,8,16H2,1H3,(H,18,19). The molecule has 3 N–H and O–H groups in total. The summed E-state index contributed by atoms with van der Waals surface area (Å²) in [6.07, 6.45) is 1.65. The number of nitrogens with two attached hydrogens (primary N) is 1. The van der Waals surface area contributed by atoms with E-state index in [0.717, 1.165) is 11.3 Å². The summed E-state index contributed by atoms with van der Waals surface area (Å²) >= 11 is 0. The molecule has 0 spiro atoms. The fourth-order valence-corrected chi connectivity index (χ4v) is 1.68. The van der Waals surface area contributed by atoms with E-state index in [1.807, 2.05) is 19.1 Å². The lowest BCUT2D eigenvalue weighted by molar-refractivity contribution is 0.0946. The van der Waals surface area contributed by atoms with Gasteiger partial charge in [-0.05, 0) is 36.8 Å². The first-order valence-electron chi connectivity index (χ1n) is 5.81. The Labute approximate surface area is 110 Å². The zero-order valence-electron chi connectivity index (χ0n) is 10.5. The molecule has 0 bridgehead atoms. The van der Waals surface area contributed by atoms with E-state index in [0.29, 0.717) is 5.69 Å². The van der Waals surface area contributed by atoms with Crippen molar-refractivity contribution in [2.75, 3.05) is 5.73 Å². The van der Waals surface area contributed by atoms with Crippen LogP contribution in [0.3, 0.4) is 0 Å². The zero-order valence-corrected chi connectivity index (χ0v) is 10.5. The highest BCUT2D eigenvalue weighted by atomic mass is 19.1. The molecule has 0 atom stereocenters. The maximum atomic E-state index is 13.5. The molecule has 19 heavy (non-hydrogen) atoms. The van der Waals surface area contributed by atoms with Crippen molar-refractivity contribution in [2.45, 2.75) is 13.5 Å². The molecule has 0 saturated carbocycles. The van der Waals surface area contributed by atoms with Gasteiger partial charge < -0.3 is 11.1 Å². The number of nitrogens with one attached hydrogen (secondary N) is 1. The number of benzene rings is 1. The van der Waals surface area contributed by atoms with E-state index in [4.69, 9.17) is 5.73 Å². The summed E-state index contributed by atoms with van der Waals surface area (Å²) in [6, 6.07) is 7.62. The Morgan fingerprint density at radius 1 is 1.42 bits per heavy atom. The van der Waals surface area contributed by atoms with Crippen LogP contribution in [0.4, 0.5) is 10.1 Å². The molecular weight excluding hydrogens is 245 g/mol. The zero-order chi connectivity index (χ0) is 13.8. The van der Waals surface area contributed by atoms with Gasteiger partial charge in [-0.3, -0.25) is 9.78 Å². The van der Waals surface area contributed by atoms with E-state index in [1.54, 1.807) is 6.20 Å². The summed E-state index contributed by atoms with van der Waals surface area (Å²) in [5.74, 6) is -1.10. The van der Waals surface area contributed by atoms with E-state index in [-0.39, 0.29) is 12.1 Å². The van der Waals surface area contributed by atoms with Gasteiger partial charge in [0.1, 0.15) is 5.82 Å². The first-order chi connectivity index (χ1) is 9.08. The Bertz CT molecular complexity index is 613. The van der Waals surface area contributed by atoms with Crippen molar-refractivity contribution in [1.29, 1.82) is 0 Å². The van der Waals surface area contributed by atoms with Crippen LogP contribution in [0.5, 0.6) is 0 Å². The number of carbonyl (C=O) groups is 1. The minimum atomic E-state index is -0.593. The molecule has 1 aromatic carbocycles. The number of aryl methyl sites for hydroxylation is 1. The van der Waals surface area contributed by atoms with E-state index >= 15 is 0 Å². The van der Waals surface area contributed by atoms with Crippen LogP contribution in [-0.2, 0) is 6.54 Å². The van der Waals surface area contributed by atoms with Crippen LogP contribution in [-0.4, -0.2) is 10.9 Å². The van der Waals surface area contributed by atoms with Gasteiger partial charge in [0.2, 0.25) is 0 Å². The number of rotatable bonds is 3. The second-order valence-electron chi connectivity index (χ2n) is 4.19. The van der Waals surface area contributed by atoms with Crippen LogP contribution in [0.2, 0.25) is 0 Å². The van der Waals surface area contributed by atoms with Crippen LogP contribution in [0.15, 0.2) is 36.5 Å². The van der Waals surface area contributed by atoms with E-state index in [9.17, 15) is 9.18 Å². The molecule has 1 amide bonds. The number of pyridine rings is 1. The first-order valence-corrected chi connectivity index (χ1v) is 5.81. The fourth-order valence-electron chi connectivity index (χ4n) is 1.68. The van der Waals surface area contributed by atoms with Gasteiger partial charge in [-0.25, -0.2) is 4.39 Å². The minimum absolute atomic E-state index is 0.0615. The molecular formula is C14H14FN3O. The predicted molar refractivity (Wildman–Crippen MR) is 71.0 cm³/mol. The number of hydrogen-bond donors (Lipinski definition) is 2. The number of halogens is 1. The smallest absolute Gasteiger partial charge is 0.254 e. The highest BCUT2D eigenvalue weighted by Gasteiger charge is 2.12. The molecule has 0 aliphatic carbocycles. The molecule has 2 rings (SSSR count). The van der Waals surface area contributed by atoms with Gasteiger partial charge in [0.15, 0.2) is 0 Å². The van der Waals surface area contributed by atoms with Crippen molar-refractivity contribution < 1.29 is 9.18 Å². The Balaban J connectivity index is 2.10. The second kappa shape index (κ2) is 5.48. The highest BCUT2D eigenvalue weighted by molar-refractivity contribution is 5.95. The summed E-state index contributed by atoms with van der Waals surface area (Å²) in [7, 11) is 0. The molecule has 1 aromatic heterocycles. The predicted octanol–water partition coefficient (Wildman–Crippen LogP) is 2.04. The average Bonchev–Trinajstić information content (AvgIpc) is 2.40. The Kier molecular flexibility index (Phi) is 3.75. The summed E-state index contributed by atoms with van der Waals surface area (Å²) in [5.41, 5.74) is 7.54. The van der Waals surface area contributed by atoms with Crippen molar-refractivity contribution in [3.8, 4) is 0 Å². The van der Waals surface area contributed by atoms with Crippen molar-refractivity contribution in [3.05, 3.63) is 59.2 Å². The van der Waals surface area contributed by atoms with Gasteiger partial charge in [0.25, 0.3) is 5.91 Å². The van der Waals surface area contributed by atoms with Crippen molar-refractivity contribution in [3.63, 3.8) is 0 Å². The SMILES string of the molecule is Cc1cccnc1CNC(=O)c1cc(N)ccc1F. The number of carbonyl (C=O) groups excluding carboxylic acids is 1. The number of hydrogen-bond acceptors (Lipinski definition) is 3. The van der Waals surface area contributed by atoms with E-state index < -0.39 is 11.7 Å².